The second-order valence-electron chi connectivity index (χ2n) is 5.50. The standard InChI is InChI=1S/C16H22FNO2S/c17-14-3-1-2-4-15(14)21-10-9-16(20)18-13-7-5-12(11-19)6-8-13/h1-4,12-13,19H,5-11H2,(H,18,20). The Bertz CT molecular complexity index is 461. The summed E-state index contributed by atoms with van der Waals surface area (Å²) in [6.45, 7) is 0.250. The van der Waals surface area contributed by atoms with Gasteiger partial charge in [0.15, 0.2) is 0 Å². The average molecular weight is 311 g/mol. The lowest BCUT2D eigenvalue weighted by Gasteiger charge is -2.27. The van der Waals surface area contributed by atoms with Gasteiger partial charge < -0.3 is 10.4 Å². The van der Waals surface area contributed by atoms with E-state index in [0.717, 1.165) is 25.7 Å². The Kier molecular flexibility index (Phi) is 6.51. The van der Waals surface area contributed by atoms with Gasteiger partial charge in [-0.1, -0.05) is 12.1 Å². The van der Waals surface area contributed by atoms with E-state index >= 15 is 0 Å². The van der Waals surface area contributed by atoms with Gasteiger partial charge in [-0.05, 0) is 43.7 Å². The lowest BCUT2D eigenvalue weighted by Crippen LogP contribution is -2.38. The molecular weight excluding hydrogens is 289 g/mol. The molecule has 2 rings (SSSR count). The number of carbonyl (C=O) groups is 1. The summed E-state index contributed by atoms with van der Waals surface area (Å²) in [5, 5.41) is 12.1. The normalized spacial score (nSPS) is 22.0. The maximum absolute atomic E-state index is 13.4. The molecule has 5 heteroatoms. The molecule has 21 heavy (non-hydrogen) atoms. The number of hydrogen-bond acceptors (Lipinski definition) is 3. The van der Waals surface area contributed by atoms with E-state index in [1.54, 1.807) is 18.2 Å². The van der Waals surface area contributed by atoms with Crippen LogP contribution in [0.4, 0.5) is 4.39 Å². The number of aliphatic hydroxyl groups excluding tert-OH is 1. The van der Waals surface area contributed by atoms with E-state index in [4.69, 9.17) is 5.11 Å². The van der Waals surface area contributed by atoms with Crippen molar-refractivity contribution < 1.29 is 14.3 Å². The van der Waals surface area contributed by atoms with Gasteiger partial charge in [0.1, 0.15) is 5.82 Å². The Morgan fingerprint density at radius 3 is 2.67 bits per heavy atom. The maximum atomic E-state index is 13.4. The number of carbonyl (C=O) groups excluding carboxylic acids is 1. The van der Waals surface area contributed by atoms with Crippen LogP contribution in [0.15, 0.2) is 29.2 Å². The van der Waals surface area contributed by atoms with Crippen LogP contribution in [0.3, 0.4) is 0 Å². The Morgan fingerprint density at radius 1 is 1.29 bits per heavy atom. The summed E-state index contributed by atoms with van der Waals surface area (Å²) in [4.78, 5) is 12.5. The number of amides is 1. The molecule has 0 bridgehead atoms. The second-order valence-corrected chi connectivity index (χ2v) is 6.63. The van der Waals surface area contributed by atoms with E-state index in [-0.39, 0.29) is 24.4 Å². The molecule has 1 amide bonds. The molecule has 1 aromatic rings. The van der Waals surface area contributed by atoms with Crippen molar-refractivity contribution in [3.8, 4) is 0 Å². The minimum atomic E-state index is -0.231. The zero-order valence-electron chi connectivity index (χ0n) is 12.1. The van der Waals surface area contributed by atoms with Crippen LogP contribution in [-0.2, 0) is 4.79 Å². The second kappa shape index (κ2) is 8.39. The topological polar surface area (TPSA) is 49.3 Å². The van der Waals surface area contributed by atoms with Crippen molar-refractivity contribution in [2.75, 3.05) is 12.4 Å². The quantitative estimate of drug-likeness (QED) is 0.794. The predicted molar refractivity (Wildman–Crippen MR) is 82.7 cm³/mol. The first-order valence-corrected chi connectivity index (χ1v) is 8.45. The van der Waals surface area contributed by atoms with Gasteiger partial charge in [-0.3, -0.25) is 4.79 Å². The van der Waals surface area contributed by atoms with Crippen LogP contribution < -0.4 is 5.32 Å². The fourth-order valence-electron chi connectivity index (χ4n) is 2.60. The number of thioether (sulfide) groups is 1. The van der Waals surface area contributed by atoms with Crippen molar-refractivity contribution in [3.63, 3.8) is 0 Å². The van der Waals surface area contributed by atoms with Crippen molar-refractivity contribution in [2.45, 2.75) is 43.0 Å². The molecule has 1 fully saturated rings. The SMILES string of the molecule is O=C(CCSc1ccccc1F)NC1CCC(CO)CC1. The molecule has 2 N–H and O–H groups in total. The van der Waals surface area contributed by atoms with Gasteiger partial charge in [0.2, 0.25) is 5.91 Å². The van der Waals surface area contributed by atoms with Gasteiger partial charge in [-0.2, -0.15) is 0 Å². The largest absolute Gasteiger partial charge is 0.396 e. The Labute approximate surface area is 129 Å². The van der Waals surface area contributed by atoms with Crippen molar-refractivity contribution >= 4 is 17.7 Å². The fourth-order valence-corrected chi connectivity index (χ4v) is 3.49. The highest BCUT2D eigenvalue weighted by molar-refractivity contribution is 7.99. The van der Waals surface area contributed by atoms with Crippen LogP contribution in [-0.4, -0.2) is 29.4 Å². The first-order chi connectivity index (χ1) is 10.2. The van der Waals surface area contributed by atoms with Gasteiger partial charge in [0, 0.05) is 29.7 Å². The molecule has 1 saturated carbocycles. The number of rotatable bonds is 6. The van der Waals surface area contributed by atoms with Crippen LogP contribution >= 0.6 is 11.8 Å². The van der Waals surface area contributed by atoms with Crippen LogP contribution in [0, 0.1) is 11.7 Å². The summed E-state index contributed by atoms with van der Waals surface area (Å²) in [6, 6.07) is 6.86. The molecule has 0 heterocycles. The van der Waals surface area contributed by atoms with Crippen molar-refractivity contribution in [1.29, 1.82) is 0 Å². The minimum Gasteiger partial charge on any atom is -0.396 e. The highest BCUT2D eigenvalue weighted by Crippen LogP contribution is 2.24. The summed E-state index contributed by atoms with van der Waals surface area (Å²) < 4.78 is 13.4. The van der Waals surface area contributed by atoms with E-state index in [1.807, 2.05) is 0 Å². The Balaban J connectivity index is 1.65. The molecule has 0 atom stereocenters. The predicted octanol–water partition coefficient (Wildman–Crippen LogP) is 2.98. The molecule has 1 aliphatic rings. The molecule has 3 nitrogen and oxygen atoms in total. The van der Waals surface area contributed by atoms with E-state index in [2.05, 4.69) is 5.32 Å². The number of benzene rings is 1. The first-order valence-electron chi connectivity index (χ1n) is 7.46. The van der Waals surface area contributed by atoms with Crippen molar-refractivity contribution in [3.05, 3.63) is 30.1 Å². The Hall–Kier alpha value is -1.07. The van der Waals surface area contributed by atoms with E-state index in [9.17, 15) is 9.18 Å². The highest BCUT2D eigenvalue weighted by Gasteiger charge is 2.21. The molecule has 0 saturated heterocycles. The molecule has 1 aliphatic carbocycles. The third-order valence-corrected chi connectivity index (χ3v) is 4.94. The lowest BCUT2D eigenvalue weighted by atomic mass is 9.86. The van der Waals surface area contributed by atoms with E-state index in [1.165, 1.54) is 17.8 Å². The summed E-state index contributed by atoms with van der Waals surface area (Å²) in [5.74, 6) is 0.782. The molecule has 116 valence electrons. The van der Waals surface area contributed by atoms with Gasteiger partial charge in [-0.25, -0.2) is 4.39 Å². The van der Waals surface area contributed by atoms with Crippen LogP contribution in [0.1, 0.15) is 32.1 Å². The van der Waals surface area contributed by atoms with Crippen molar-refractivity contribution in [1.82, 2.24) is 5.32 Å². The molecule has 0 aliphatic heterocycles. The molecule has 0 radical (unpaired) electrons. The van der Waals surface area contributed by atoms with E-state index in [0.29, 0.717) is 23.0 Å². The molecule has 0 aromatic heterocycles. The molecule has 0 spiro atoms. The third kappa shape index (κ3) is 5.32. The summed E-state index contributed by atoms with van der Waals surface area (Å²) in [7, 11) is 0. The van der Waals surface area contributed by atoms with Gasteiger partial charge in [0.25, 0.3) is 0 Å². The lowest BCUT2D eigenvalue weighted by molar-refractivity contribution is -0.121. The van der Waals surface area contributed by atoms with E-state index < -0.39 is 0 Å². The average Bonchev–Trinajstić information content (AvgIpc) is 2.50. The summed E-state index contributed by atoms with van der Waals surface area (Å²) >= 11 is 1.37. The number of nitrogens with one attached hydrogen (secondary N) is 1. The molecule has 0 unspecified atom stereocenters. The van der Waals surface area contributed by atoms with Gasteiger partial charge >= 0.3 is 0 Å². The number of aliphatic hydroxyl groups is 1. The van der Waals surface area contributed by atoms with Crippen LogP contribution in [0.2, 0.25) is 0 Å². The smallest absolute Gasteiger partial charge is 0.221 e. The zero-order valence-corrected chi connectivity index (χ0v) is 12.9. The summed E-state index contributed by atoms with van der Waals surface area (Å²) in [5.41, 5.74) is 0. The van der Waals surface area contributed by atoms with Gasteiger partial charge in [0.05, 0.1) is 0 Å². The monoisotopic (exact) mass is 311 g/mol. The summed E-state index contributed by atoms with van der Waals surface area (Å²) in [6.07, 6.45) is 4.24. The minimum absolute atomic E-state index is 0.0336. The fraction of sp³-hybridized carbons (Fsp3) is 0.562. The van der Waals surface area contributed by atoms with Crippen LogP contribution in [0.5, 0.6) is 0 Å². The molecular formula is C16H22FNO2S. The number of halogens is 1. The number of hydrogen-bond donors (Lipinski definition) is 2. The van der Waals surface area contributed by atoms with Gasteiger partial charge in [-0.15, -0.1) is 11.8 Å². The first kappa shape index (κ1) is 16.3. The highest BCUT2D eigenvalue weighted by atomic mass is 32.2. The Morgan fingerprint density at radius 2 is 2.00 bits per heavy atom. The maximum Gasteiger partial charge on any atom is 0.221 e. The van der Waals surface area contributed by atoms with Crippen molar-refractivity contribution in [2.24, 2.45) is 5.92 Å². The third-order valence-electron chi connectivity index (χ3n) is 3.89. The molecule has 1 aromatic carbocycles. The van der Waals surface area contributed by atoms with Crippen LogP contribution in [0.25, 0.3) is 0 Å². The zero-order chi connectivity index (χ0) is 15.1.